The Labute approximate surface area is 73.8 Å². The minimum atomic E-state index is 0.441. The van der Waals surface area contributed by atoms with Crippen molar-refractivity contribution in [3.8, 4) is 0 Å². The van der Waals surface area contributed by atoms with Crippen LogP contribution in [0.25, 0.3) is 0 Å². The summed E-state index contributed by atoms with van der Waals surface area (Å²) in [6.07, 6.45) is 0. The van der Waals surface area contributed by atoms with Gasteiger partial charge >= 0.3 is 0 Å². The molecule has 0 bridgehead atoms. The molecule has 0 aliphatic heterocycles. The van der Waals surface area contributed by atoms with Gasteiger partial charge in [-0.05, 0) is 12.6 Å². The number of rotatable bonds is 4. The van der Waals surface area contributed by atoms with Gasteiger partial charge in [0.05, 0.1) is 0 Å². The zero-order valence-electron chi connectivity index (χ0n) is 7.46. The molecule has 2 heteroatoms. The highest BCUT2D eigenvalue weighted by Gasteiger charge is 2.06. The molecular weight excluding hydrogens is 148 g/mol. The van der Waals surface area contributed by atoms with Crippen LogP contribution >= 0.6 is 0 Å². The van der Waals surface area contributed by atoms with Crippen molar-refractivity contribution in [3.63, 3.8) is 0 Å². The topological polar surface area (TPSA) is 38.0 Å². The highest BCUT2D eigenvalue weighted by molar-refractivity contribution is 5.20. The van der Waals surface area contributed by atoms with Crippen LogP contribution in [0.3, 0.4) is 0 Å². The molecule has 0 aromatic heterocycles. The Kier molecular flexibility index (Phi) is 3.77. The first kappa shape index (κ1) is 9.23. The third-order valence-electron chi connectivity index (χ3n) is 2.01. The highest BCUT2D eigenvalue weighted by atomic mass is 14.8. The largest absolute Gasteiger partial charge is 0.330 e. The summed E-state index contributed by atoms with van der Waals surface area (Å²) in [6.45, 7) is 1.64. The molecule has 2 nitrogen and oxygen atoms in total. The van der Waals surface area contributed by atoms with E-state index in [0.717, 1.165) is 6.54 Å². The van der Waals surface area contributed by atoms with Crippen molar-refractivity contribution < 1.29 is 0 Å². The molecule has 0 radical (unpaired) electrons. The highest BCUT2D eigenvalue weighted by Crippen LogP contribution is 2.12. The van der Waals surface area contributed by atoms with Gasteiger partial charge in [0.2, 0.25) is 0 Å². The zero-order chi connectivity index (χ0) is 8.81. The van der Waals surface area contributed by atoms with Gasteiger partial charge in [-0.1, -0.05) is 30.3 Å². The summed E-state index contributed by atoms with van der Waals surface area (Å²) >= 11 is 0. The number of likely N-dealkylation sites (N-methyl/N-ethyl adjacent to an activating group) is 1. The number of hydrogen-bond acceptors (Lipinski definition) is 2. The average Bonchev–Trinajstić information content (AvgIpc) is 2.15. The van der Waals surface area contributed by atoms with E-state index in [4.69, 9.17) is 5.73 Å². The average molecular weight is 164 g/mol. The molecule has 0 spiro atoms. The molecule has 0 saturated carbocycles. The van der Waals surface area contributed by atoms with Gasteiger partial charge in [-0.25, -0.2) is 0 Å². The molecule has 0 aliphatic rings. The predicted octanol–water partition coefficient (Wildman–Crippen LogP) is 0.948. The maximum Gasteiger partial charge on any atom is 0.00862 e. The Morgan fingerprint density at radius 1 is 1.33 bits per heavy atom. The van der Waals surface area contributed by atoms with Crippen molar-refractivity contribution in [2.24, 2.45) is 5.73 Å². The van der Waals surface area contributed by atoms with E-state index in [9.17, 15) is 0 Å². The lowest BCUT2D eigenvalue weighted by atomic mass is 9.99. The third-order valence-corrected chi connectivity index (χ3v) is 2.01. The van der Waals surface area contributed by atoms with E-state index in [1.54, 1.807) is 0 Å². The number of nitrogens with one attached hydrogen (secondary N) is 1. The van der Waals surface area contributed by atoms with Crippen molar-refractivity contribution >= 4 is 0 Å². The minimum absolute atomic E-state index is 0.441. The van der Waals surface area contributed by atoms with Crippen molar-refractivity contribution in [2.75, 3.05) is 20.1 Å². The van der Waals surface area contributed by atoms with E-state index >= 15 is 0 Å². The predicted molar refractivity (Wildman–Crippen MR) is 52.2 cm³/mol. The molecule has 0 aliphatic carbocycles. The second-order valence-electron chi connectivity index (χ2n) is 2.90. The molecule has 3 N–H and O–H groups in total. The summed E-state index contributed by atoms with van der Waals surface area (Å²) in [5.74, 6) is 0.441. The number of benzene rings is 1. The van der Waals surface area contributed by atoms with Gasteiger partial charge in [0.1, 0.15) is 0 Å². The van der Waals surface area contributed by atoms with Crippen LogP contribution in [0.4, 0.5) is 0 Å². The Morgan fingerprint density at radius 3 is 2.50 bits per heavy atom. The van der Waals surface area contributed by atoms with E-state index in [0.29, 0.717) is 12.5 Å². The summed E-state index contributed by atoms with van der Waals surface area (Å²) in [5.41, 5.74) is 6.97. The molecule has 0 heterocycles. The SMILES string of the molecule is CNCC(CN)c1ccccc1. The van der Waals surface area contributed by atoms with Crippen LogP contribution in [0.1, 0.15) is 11.5 Å². The lowest BCUT2D eigenvalue weighted by Crippen LogP contribution is -2.23. The molecule has 0 saturated heterocycles. The van der Waals surface area contributed by atoms with E-state index in [1.165, 1.54) is 5.56 Å². The van der Waals surface area contributed by atoms with Gasteiger partial charge in [0.25, 0.3) is 0 Å². The molecule has 1 atom stereocenters. The summed E-state index contributed by atoms with van der Waals surface area (Å²) in [6, 6.07) is 10.4. The van der Waals surface area contributed by atoms with Gasteiger partial charge < -0.3 is 11.1 Å². The fraction of sp³-hybridized carbons (Fsp3) is 0.400. The normalized spacial score (nSPS) is 12.8. The van der Waals surface area contributed by atoms with Crippen LogP contribution < -0.4 is 11.1 Å². The zero-order valence-corrected chi connectivity index (χ0v) is 7.46. The summed E-state index contributed by atoms with van der Waals surface area (Å²) < 4.78 is 0. The first-order valence-electron chi connectivity index (χ1n) is 4.28. The Balaban J connectivity index is 2.66. The number of nitrogens with two attached hydrogens (primary N) is 1. The Bertz CT molecular complexity index is 208. The van der Waals surface area contributed by atoms with Crippen molar-refractivity contribution in [1.29, 1.82) is 0 Å². The summed E-state index contributed by atoms with van der Waals surface area (Å²) in [4.78, 5) is 0. The van der Waals surface area contributed by atoms with E-state index in [1.807, 2.05) is 25.2 Å². The molecule has 66 valence electrons. The van der Waals surface area contributed by atoms with Crippen LogP contribution in [0.5, 0.6) is 0 Å². The van der Waals surface area contributed by atoms with Crippen LogP contribution in [0, 0.1) is 0 Å². The standard InChI is InChI=1S/C10H16N2/c1-12-8-10(7-11)9-5-3-2-4-6-9/h2-6,10,12H,7-8,11H2,1H3. The molecule has 1 aromatic carbocycles. The van der Waals surface area contributed by atoms with Gasteiger partial charge in [-0.15, -0.1) is 0 Å². The first-order chi connectivity index (χ1) is 5.88. The molecule has 12 heavy (non-hydrogen) atoms. The molecule has 0 fully saturated rings. The van der Waals surface area contributed by atoms with E-state index in [2.05, 4.69) is 17.4 Å². The maximum atomic E-state index is 5.65. The van der Waals surface area contributed by atoms with Crippen LogP contribution in [-0.2, 0) is 0 Å². The maximum absolute atomic E-state index is 5.65. The second kappa shape index (κ2) is 4.91. The molecular formula is C10H16N2. The Morgan fingerprint density at radius 2 is 2.00 bits per heavy atom. The fourth-order valence-electron chi connectivity index (χ4n) is 1.31. The molecule has 1 aromatic rings. The van der Waals surface area contributed by atoms with Gasteiger partial charge in [0.15, 0.2) is 0 Å². The van der Waals surface area contributed by atoms with Crippen LogP contribution in [0.2, 0.25) is 0 Å². The molecule has 1 unspecified atom stereocenters. The van der Waals surface area contributed by atoms with Crippen molar-refractivity contribution in [2.45, 2.75) is 5.92 Å². The van der Waals surface area contributed by atoms with Gasteiger partial charge in [-0.3, -0.25) is 0 Å². The van der Waals surface area contributed by atoms with Crippen LogP contribution in [-0.4, -0.2) is 20.1 Å². The minimum Gasteiger partial charge on any atom is -0.330 e. The quantitative estimate of drug-likeness (QED) is 0.695. The Hall–Kier alpha value is -0.860. The second-order valence-corrected chi connectivity index (χ2v) is 2.90. The van der Waals surface area contributed by atoms with Gasteiger partial charge in [0, 0.05) is 19.0 Å². The van der Waals surface area contributed by atoms with E-state index in [-0.39, 0.29) is 0 Å². The van der Waals surface area contributed by atoms with Crippen molar-refractivity contribution in [3.05, 3.63) is 35.9 Å². The smallest absolute Gasteiger partial charge is 0.00862 e. The van der Waals surface area contributed by atoms with Gasteiger partial charge in [-0.2, -0.15) is 0 Å². The molecule has 0 amide bonds. The summed E-state index contributed by atoms with van der Waals surface area (Å²) in [5, 5.41) is 3.14. The first-order valence-corrected chi connectivity index (χ1v) is 4.28. The fourth-order valence-corrected chi connectivity index (χ4v) is 1.31. The molecule has 1 rings (SSSR count). The number of hydrogen-bond donors (Lipinski definition) is 2. The third kappa shape index (κ3) is 2.32. The summed E-state index contributed by atoms with van der Waals surface area (Å²) in [7, 11) is 1.95. The lowest BCUT2D eigenvalue weighted by molar-refractivity contribution is 0.637. The van der Waals surface area contributed by atoms with E-state index < -0.39 is 0 Å². The van der Waals surface area contributed by atoms with Crippen molar-refractivity contribution in [1.82, 2.24) is 5.32 Å². The van der Waals surface area contributed by atoms with Crippen LogP contribution in [0.15, 0.2) is 30.3 Å². The monoisotopic (exact) mass is 164 g/mol. The lowest BCUT2D eigenvalue weighted by Gasteiger charge is -2.13.